The highest BCUT2D eigenvalue weighted by Crippen LogP contribution is 2.15. The van der Waals surface area contributed by atoms with E-state index in [0.717, 1.165) is 19.5 Å². The number of carbonyl (C=O) groups is 1. The lowest BCUT2D eigenvalue weighted by atomic mass is 10.1. The van der Waals surface area contributed by atoms with Gasteiger partial charge in [-0.2, -0.15) is 0 Å². The molecule has 1 aliphatic heterocycles. The summed E-state index contributed by atoms with van der Waals surface area (Å²) < 4.78 is 28.9. The number of hydrogen-bond donors (Lipinski definition) is 1. The van der Waals surface area contributed by atoms with Crippen LogP contribution in [-0.2, 0) is 14.6 Å². The largest absolute Gasteiger partial charge is 0.384 e. The van der Waals surface area contributed by atoms with Gasteiger partial charge < -0.3 is 15.0 Å². The minimum atomic E-state index is -3.36. The van der Waals surface area contributed by atoms with Gasteiger partial charge in [0.15, 0.2) is 9.84 Å². The lowest BCUT2D eigenvalue weighted by Gasteiger charge is -2.23. The molecule has 1 aromatic carbocycles. The highest BCUT2D eigenvalue weighted by atomic mass is 35.5. The average Bonchev–Trinajstić information content (AvgIpc) is 3.06. The number of carbonyl (C=O) groups excluding carboxylic acids is 1. The molecule has 0 spiro atoms. The van der Waals surface area contributed by atoms with Crippen LogP contribution in [-0.4, -0.2) is 64.9 Å². The highest BCUT2D eigenvalue weighted by Gasteiger charge is 2.24. The van der Waals surface area contributed by atoms with Crippen molar-refractivity contribution < 1.29 is 17.9 Å². The maximum absolute atomic E-state index is 12.4. The van der Waals surface area contributed by atoms with E-state index in [2.05, 4.69) is 5.32 Å². The molecule has 0 radical (unpaired) electrons. The molecule has 2 rings (SSSR count). The zero-order valence-corrected chi connectivity index (χ0v) is 15.0. The van der Waals surface area contributed by atoms with Crippen LogP contribution >= 0.6 is 12.4 Å². The monoisotopic (exact) mass is 362 g/mol. The molecule has 8 heteroatoms. The number of benzene rings is 1. The number of nitrogens with zero attached hydrogens (tertiary/aromatic N) is 1. The lowest BCUT2D eigenvalue weighted by molar-refractivity contribution is 0.0743. The summed E-state index contributed by atoms with van der Waals surface area (Å²) in [4.78, 5) is 14.3. The summed E-state index contributed by atoms with van der Waals surface area (Å²) in [6, 6.07) is 6.30. The van der Waals surface area contributed by atoms with Crippen molar-refractivity contribution in [3.63, 3.8) is 0 Å². The first-order valence-electron chi connectivity index (χ1n) is 7.25. The fourth-order valence-electron chi connectivity index (χ4n) is 2.46. The van der Waals surface area contributed by atoms with E-state index >= 15 is 0 Å². The minimum absolute atomic E-state index is 0. The molecule has 1 amide bonds. The maximum atomic E-state index is 12.4. The second-order valence-corrected chi connectivity index (χ2v) is 7.51. The molecular weight excluding hydrogens is 340 g/mol. The van der Waals surface area contributed by atoms with Gasteiger partial charge in [0.1, 0.15) is 0 Å². The summed E-state index contributed by atoms with van der Waals surface area (Å²) in [6.45, 7) is 1.87. The Morgan fingerprint density at radius 3 is 2.52 bits per heavy atom. The van der Waals surface area contributed by atoms with Crippen molar-refractivity contribution in [2.24, 2.45) is 0 Å². The standard InChI is InChI=1S/C15H22N2O4S.ClH/c1-17(13-7-8-16-11-13)15(18)12-3-5-14(6-4-12)22(19,20)10-9-21-2;/h3-6,13,16H,7-11H2,1-2H3;1H. The molecule has 1 atom stereocenters. The van der Waals surface area contributed by atoms with Crippen LogP contribution in [0.5, 0.6) is 0 Å². The van der Waals surface area contributed by atoms with Gasteiger partial charge in [0.05, 0.1) is 17.3 Å². The van der Waals surface area contributed by atoms with Crippen LogP contribution in [0.2, 0.25) is 0 Å². The predicted molar refractivity (Wildman–Crippen MR) is 91.0 cm³/mol. The van der Waals surface area contributed by atoms with E-state index in [1.165, 1.54) is 19.2 Å². The van der Waals surface area contributed by atoms with Crippen LogP contribution in [0.25, 0.3) is 0 Å². The molecule has 1 saturated heterocycles. The molecule has 1 heterocycles. The van der Waals surface area contributed by atoms with Crippen molar-refractivity contribution in [3.8, 4) is 0 Å². The fourth-order valence-corrected chi connectivity index (χ4v) is 3.63. The summed E-state index contributed by atoms with van der Waals surface area (Å²) in [6.07, 6.45) is 0.936. The second-order valence-electron chi connectivity index (χ2n) is 5.40. The average molecular weight is 363 g/mol. The Morgan fingerprint density at radius 1 is 1.35 bits per heavy atom. The van der Waals surface area contributed by atoms with E-state index in [1.54, 1.807) is 24.1 Å². The fraction of sp³-hybridized carbons (Fsp3) is 0.533. The molecular formula is C15H23ClN2O4S. The van der Waals surface area contributed by atoms with Crippen molar-refractivity contribution in [1.29, 1.82) is 0 Å². The first-order chi connectivity index (χ1) is 10.5. The van der Waals surface area contributed by atoms with E-state index < -0.39 is 9.84 Å². The molecule has 1 fully saturated rings. The first kappa shape index (κ1) is 19.9. The number of ether oxygens (including phenoxy) is 1. The van der Waals surface area contributed by atoms with Gasteiger partial charge in [0.25, 0.3) is 5.91 Å². The van der Waals surface area contributed by atoms with Gasteiger partial charge >= 0.3 is 0 Å². The van der Waals surface area contributed by atoms with Crippen molar-refractivity contribution in [2.75, 3.05) is 39.6 Å². The summed E-state index contributed by atoms with van der Waals surface area (Å²) in [5.41, 5.74) is 0.500. The number of methoxy groups -OCH3 is 1. The summed E-state index contributed by atoms with van der Waals surface area (Å²) in [5.74, 6) is -0.153. The molecule has 130 valence electrons. The summed E-state index contributed by atoms with van der Waals surface area (Å²) in [7, 11) is -0.116. The molecule has 0 saturated carbocycles. The van der Waals surface area contributed by atoms with Crippen molar-refractivity contribution >= 4 is 28.2 Å². The Morgan fingerprint density at radius 2 is 2.00 bits per heavy atom. The zero-order chi connectivity index (χ0) is 16.2. The van der Waals surface area contributed by atoms with Crippen LogP contribution in [0, 0.1) is 0 Å². The Balaban J connectivity index is 0.00000264. The SMILES string of the molecule is COCCS(=O)(=O)c1ccc(C(=O)N(C)C2CCNC2)cc1.Cl. The number of sulfone groups is 1. The number of nitrogens with one attached hydrogen (secondary N) is 1. The maximum Gasteiger partial charge on any atom is 0.253 e. The van der Waals surface area contributed by atoms with E-state index in [4.69, 9.17) is 4.74 Å². The molecule has 1 unspecified atom stereocenters. The smallest absolute Gasteiger partial charge is 0.253 e. The molecule has 6 nitrogen and oxygen atoms in total. The van der Waals surface area contributed by atoms with E-state index in [-0.39, 0.29) is 41.6 Å². The number of amides is 1. The van der Waals surface area contributed by atoms with Gasteiger partial charge in [-0.3, -0.25) is 4.79 Å². The molecule has 23 heavy (non-hydrogen) atoms. The minimum Gasteiger partial charge on any atom is -0.384 e. The molecule has 1 N–H and O–H groups in total. The molecule has 0 aliphatic carbocycles. The van der Waals surface area contributed by atoms with Gasteiger partial charge in [0.2, 0.25) is 0 Å². The van der Waals surface area contributed by atoms with E-state index in [1.807, 2.05) is 0 Å². The summed E-state index contributed by atoms with van der Waals surface area (Å²) in [5, 5.41) is 3.22. The van der Waals surface area contributed by atoms with Crippen molar-refractivity contribution in [2.45, 2.75) is 17.4 Å². The number of halogens is 1. The first-order valence-corrected chi connectivity index (χ1v) is 8.90. The van der Waals surface area contributed by atoms with Gasteiger partial charge in [-0.25, -0.2) is 8.42 Å². The summed E-state index contributed by atoms with van der Waals surface area (Å²) >= 11 is 0. The van der Waals surface area contributed by atoms with Crippen LogP contribution in [0.1, 0.15) is 16.8 Å². The third-order valence-corrected chi connectivity index (χ3v) is 5.61. The third kappa shape index (κ3) is 4.91. The number of likely N-dealkylation sites (N-methyl/N-ethyl adjacent to an activating group) is 1. The van der Waals surface area contributed by atoms with Crippen LogP contribution in [0.3, 0.4) is 0 Å². The lowest BCUT2D eigenvalue weighted by Crippen LogP contribution is -2.38. The van der Waals surface area contributed by atoms with Crippen LogP contribution < -0.4 is 5.32 Å². The van der Waals surface area contributed by atoms with Crippen LogP contribution in [0.15, 0.2) is 29.2 Å². The molecule has 0 bridgehead atoms. The zero-order valence-electron chi connectivity index (χ0n) is 13.3. The molecule has 1 aliphatic rings. The van der Waals surface area contributed by atoms with Gasteiger partial charge in [-0.15, -0.1) is 12.4 Å². The Hall–Kier alpha value is -1.15. The Labute approximate surface area is 143 Å². The van der Waals surface area contributed by atoms with Gasteiger partial charge in [-0.1, -0.05) is 0 Å². The number of hydrogen-bond acceptors (Lipinski definition) is 5. The molecule has 1 aromatic rings. The van der Waals surface area contributed by atoms with Gasteiger partial charge in [0, 0.05) is 32.3 Å². The normalized spacial score (nSPS) is 17.6. The van der Waals surface area contributed by atoms with Crippen molar-refractivity contribution in [1.82, 2.24) is 10.2 Å². The van der Waals surface area contributed by atoms with Crippen molar-refractivity contribution in [3.05, 3.63) is 29.8 Å². The second kappa shape index (κ2) is 8.63. The van der Waals surface area contributed by atoms with Crippen LogP contribution in [0.4, 0.5) is 0 Å². The predicted octanol–water partition coefficient (Wildman–Crippen LogP) is 0.962. The third-order valence-electron chi connectivity index (χ3n) is 3.92. The van der Waals surface area contributed by atoms with E-state index in [9.17, 15) is 13.2 Å². The Bertz CT molecular complexity index is 613. The van der Waals surface area contributed by atoms with Gasteiger partial charge in [-0.05, 0) is 37.2 Å². The van der Waals surface area contributed by atoms with E-state index in [0.29, 0.717) is 5.56 Å². The highest BCUT2D eigenvalue weighted by molar-refractivity contribution is 7.91. The quantitative estimate of drug-likeness (QED) is 0.815. The topological polar surface area (TPSA) is 75.7 Å². The number of rotatable bonds is 6. The Kier molecular flexibility index (Phi) is 7.47. The molecule has 0 aromatic heterocycles.